The normalized spacial score (nSPS) is 14.7. The highest BCUT2D eigenvalue weighted by atomic mass is 35.5. The van der Waals surface area contributed by atoms with Gasteiger partial charge in [-0.3, -0.25) is 9.59 Å². The number of nitrogens with one attached hydrogen (secondary N) is 1. The Morgan fingerprint density at radius 3 is 2.59 bits per heavy atom. The van der Waals surface area contributed by atoms with Crippen molar-refractivity contribution in [3.8, 4) is 11.5 Å². The van der Waals surface area contributed by atoms with E-state index in [2.05, 4.69) is 5.32 Å². The number of fused-ring (bicyclic) bond motifs is 2. The molecule has 2 aliphatic heterocycles. The topological polar surface area (TPSA) is 67.9 Å². The van der Waals surface area contributed by atoms with Crippen LogP contribution in [0.15, 0.2) is 54.6 Å². The van der Waals surface area contributed by atoms with Gasteiger partial charge < -0.3 is 19.7 Å². The van der Waals surface area contributed by atoms with E-state index in [9.17, 15) is 14.0 Å². The Hall–Kier alpha value is -3.58. The molecule has 0 spiro atoms. The molecule has 0 aromatic heterocycles. The van der Waals surface area contributed by atoms with Crippen LogP contribution in [-0.2, 0) is 6.42 Å². The zero-order valence-electron chi connectivity index (χ0n) is 18.3. The third kappa shape index (κ3) is 4.31. The number of hydrogen-bond acceptors (Lipinski definition) is 4. The van der Waals surface area contributed by atoms with Gasteiger partial charge in [-0.2, -0.15) is 0 Å². The Morgan fingerprint density at radius 1 is 0.971 bits per heavy atom. The molecule has 34 heavy (non-hydrogen) atoms. The lowest BCUT2D eigenvalue weighted by molar-refractivity contribution is 0.0983. The first-order valence-electron chi connectivity index (χ1n) is 11.1. The molecule has 0 atom stereocenters. The van der Waals surface area contributed by atoms with Crippen LogP contribution < -0.4 is 19.7 Å². The summed E-state index contributed by atoms with van der Waals surface area (Å²) in [6.45, 7) is 1.53. The molecule has 3 aromatic rings. The number of ether oxygens (including phenoxy) is 2. The minimum atomic E-state index is -0.405. The molecule has 0 unspecified atom stereocenters. The standard InChI is InChI=1S/C26H22ClFN2O4/c27-20-14-17(15-23-24(20)34-13-3-12-33-23)26(32)30-11-2-4-19-21(5-1-6-22(19)30)29-25(31)16-7-9-18(28)10-8-16/h1,5-10,14-15H,2-4,11-13H2,(H,29,31). The van der Waals surface area contributed by atoms with Gasteiger partial charge in [-0.05, 0) is 66.9 Å². The van der Waals surface area contributed by atoms with Crippen LogP contribution in [0.1, 0.15) is 39.1 Å². The summed E-state index contributed by atoms with van der Waals surface area (Å²) in [6.07, 6.45) is 2.18. The third-order valence-corrected chi connectivity index (χ3v) is 6.18. The number of nitrogens with zero attached hydrogens (tertiary/aromatic N) is 1. The summed E-state index contributed by atoms with van der Waals surface area (Å²) in [5.41, 5.74) is 2.99. The Balaban J connectivity index is 1.44. The summed E-state index contributed by atoms with van der Waals surface area (Å²) in [7, 11) is 0. The van der Waals surface area contributed by atoms with Gasteiger partial charge in [0.05, 0.1) is 18.2 Å². The highest BCUT2D eigenvalue weighted by molar-refractivity contribution is 6.33. The van der Waals surface area contributed by atoms with E-state index in [1.54, 1.807) is 29.2 Å². The Kier molecular flexibility index (Phi) is 6.11. The number of hydrogen-bond donors (Lipinski definition) is 1. The fraction of sp³-hybridized carbons (Fsp3) is 0.231. The van der Waals surface area contributed by atoms with Crippen molar-refractivity contribution in [1.29, 1.82) is 0 Å². The Morgan fingerprint density at radius 2 is 1.76 bits per heavy atom. The van der Waals surface area contributed by atoms with Crippen molar-refractivity contribution in [2.75, 3.05) is 30.0 Å². The average Bonchev–Trinajstić information content (AvgIpc) is 3.10. The van der Waals surface area contributed by atoms with Crippen LogP contribution in [0.5, 0.6) is 11.5 Å². The molecule has 1 N–H and O–H groups in total. The minimum absolute atomic E-state index is 0.208. The van der Waals surface area contributed by atoms with Crippen LogP contribution in [0.2, 0.25) is 5.02 Å². The molecular weight excluding hydrogens is 459 g/mol. The van der Waals surface area contributed by atoms with Crippen LogP contribution >= 0.6 is 11.6 Å². The van der Waals surface area contributed by atoms with Crippen molar-refractivity contribution < 1.29 is 23.5 Å². The quantitative estimate of drug-likeness (QED) is 0.538. The second kappa shape index (κ2) is 9.35. The molecule has 6 nitrogen and oxygen atoms in total. The van der Waals surface area contributed by atoms with Crippen molar-refractivity contribution in [3.63, 3.8) is 0 Å². The van der Waals surface area contributed by atoms with Gasteiger partial charge in [0.2, 0.25) is 0 Å². The average molecular weight is 481 g/mol. The predicted octanol–water partition coefficient (Wildman–Crippen LogP) is 5.49. The summed E-state index contributed by atoms with van der Waals surface area (Å²) < 4.78 is 24.6. The van der Waals surface area contributed by atoms with Crippen molar-refractivity contribution in [2.45, 2.75) is 19.3 Å². The van der Waals surface area contributed by atoms with Gasteiger partial charge in [-0.15, -0.1) is 0 Å². The summed E-state index contributed by atoms with van der Waals surface area (Å²) >= 11 is 6.41. The monoisotopic (exact) mass is 480 g/mol. The molecule has 5 rings (SSSR count). The van der Waals surface area contributed by atoms with E-state index >= 15 is 0 Å². The molecule has 0 saturated heterocycles. The maximum absolute atomic E-state index is 13.5. The highest BCUT2D eigenvalue weighted by Crippen LogP contribution is 2.39. The predicted molar refractivity (Wildman–Crippen MR) is 128 cm³/mol. The zero-order chi connectivity index (χ0) is 23.7. The lowest BCUT2D eigenvalue weighted by atomic mass is 9.98. The van der Waals surface area contributed by atoms with Gasteiger partial charge in [0.25, 0.3) is 11.8 Å². The lowest BCUT2D eigenvalue weighted by Crippen LogP contribution is -2.36. The Labute approximate surface area is 201 Å². The van der Waals surface area contributed by atoms with E-state index in [0.29, 0.717) is 59.5 Å². The minimum Gasteiger partial charge on any atom is -0.489 e. The number of amides is 2. The summed E-state index contributed by atoms with van der Waals surface area (Å²) in [5.74, 6) is -0.0313. The SMILES string of the molecule is O=C(Nc1cccc2c1CCCN2C(=O)c1cc(Cl)c2c(c1)OCCCO2)c1ccc(F)cc1. The van der Waals surface area contributed by atoms with Crippen LogP contribution in [0.4, 0.5) is 15.8 Å². The van der Waals surface area contributed by atoms with Crippen LogP contribution in [0.25, 0.3) is 0 Å². The molecule has 174 valence electrons. The molecule has 0 radical (unpaired) electrons. The summed E-state index contributed by atoms with van der Waals surface area (Å²) in [4.78, 5) is 27.9. The van der Waals surface area contributed by atoms with Gasteiger partial charge in [0.1, 0.15) is 5.82 Å². The van der Waals surface area contributed by atoms with Crippen molar-refractivity contribution in [3.05, 3.63) is 82.1 Å². The number of carbonyl (C=O) groups is 2. The van der Waals surface area contributed by atoms with Gasteiger partial charge in [-0.25, -0.2) is 4.39 Å². The highest BCUT2D eigenvalue weighted by Gasteiger charge is 2.27. The third-order valence-electron chi connectivity index (χ3n) is 5.90. The molecule has 3 aromatic carbocycles. The maximum Gasteiger partial charge on any atom is 0.258 e. The summed E-state index contributed by atoms with van der Waals surface area (Å²) in [5, 5.41) is 3.24. The van der Waals surface area contributed by atoms with E-state index in [4.69, 9.17) is 21.1 Å². The van der Waals surface area contributed by atoms with Crippen molar-refractivity contribution in [1.82, 2.24) is 0 Å². The fourth-order valence-electron chi connectivity index (χ4n) is 4.26. The van der Waals surface area contributed by atoms with Crippen LogP contribution in [-0.4, -0.2) is 31.6 Å². The van der Waals surface area contributed by atoms with Gasteiger partial charge in [-0.1, -0.05) is 17.7 Å². The molecule has 0 bridgehead atoms. The van der Waals surface area contributed by atoms with E-state index in [1.807, 2.05) is 6.07 Å². The molecule has 2 aliphatic rings. The maximum atomic E-state index is 13.5. The smallest absolute Gasteiger partial charge is 0.258 e. The first kappa shape index (κ1) is 22.2. The molecular formula is C26H22ClFN2O4. The van der Waals surface area contributed by atoms with E-state index in [0.717, 1.165) is 24.1 Å². The lowest BCUT2D eigenvalue weighted by Gasteiger charge is -2.31. The van der Waals surface area contributed by atoms with Crippen LogP contribution in [0.3, 0.4) is 0 Å². The fourth-order valence-corrected chi connectivity index (χ4v) is 4.52. The number of halogens is 2. The second-order valence-electron chi connectivity index (χ2n) is 8.16. The zero-order valence-corrected chi connectivity index (χ0v) is 19.0. The molecule has 2 heterocycles. The molecule has 2 amide bonds. The van der Waals surface area contributed by atoms with Gasteiger partial charge in [0, 0.05) is 35.5 Å². The first-order chi connectivity index (χ1) is 16.5. The van der Waals surface area contributed by atoms with Crippen molar-refractivity contribution >= 4 is 34.8 Å². The number of rotatable bonds is 3. The molecule has 0 saturated carbocycles. The van der Waals surface area contributed by atoms with Crippen molar-refractivity contribution in [2.24, 2.45) is 0 Å². The number of benzene rings is 3. The second-order valence-corrected chi connectivity index (χ2v) is 8.57. The largest absolute Gasteiger partial charge is 0.489 e. The first-order valence-corrected chi connectivity index (χ1v) is 11.5. The van der Waals surface area contributed by atoms with E-state index in [1.165, 1.54) is 24.3 Å². The van der Waals surface area contributed by atoms with Crippen LogP contribution in [0, 0.1) is 5.82 Å². The van der Waals surface area contributed by atoms with Gasteiger partial charge in [0.15, 0.2) is 11.5 Å². The molecule has 0 fully saturated rings. The Bertz CT molecular complexity index is 1260. The molecule has 8 heteroatoms. The van der Waals surface area contributed by atoms with E-state index in [-0.39, 0.29) is 11.8 Å². The number of carbonyl (C=O) groups excluding carboxylic acids is 2. The van der Waals surface area contributed by atoms with E-state index < -0.39 is 5.82 Å². The summed E-state index contributed by atoms with van der Waals surface area (Å²) in [6, 6.07) is 14.1. The van der Waals surface area contributed by atoms with Gasteiger partial charge >= 0.3 is 0 Å². The number of anilines is 2. The molecule has 0 aliphatic carbocycles.